The van der Waals surface area contributed by atoms with Crippen LogP contribution in [0.4, 0.5) is 0 Å². The summed E-state index contributed by atoms with van der Waals surface area (Å²) in [6, 6.07) is 0. The van der Waals surface area contributed by atoms with Crippen LogP contribution in [-0.4, -0.2) is 12.1 Å². The lowest BCUT2D eigenvalue weighted by Gasteiger charge is -2.43. The second-order valence-electron chi connectivity index (χ2n) is 5.60. The lowest BCUT2D eigenvalue weighted by molar-refractivity contribution is -0.154. The van der Waals surface area contributed by atoms with E-state index in [1.54, 1.807) is 0 Å². The fourth-order valence-corrected chi connectivity index (χ4v) is 2.64. The SMILES string of the molecule is CC(=O)OC(C)[C@]1(C)CCC(C)[C@@H](C)C1. The van der Waals surface area contributed by atoms with Crippen LogP contribution in [0.1, 0.15) is 53.9 Å². The van der Waals surface area contributed by atoms with Crippen LogP contribution in [0.5, 0.6) is 0 Å². The Morgan fingerprint density at radius 3 is 2.47 bits per heavy atom. The van der Waals surface area contributed by atoms with Crippen LogP contribution in [-0.2, 0) is 9.53 Å². The van der Waals surface area contributed by atoms with E-state index in [9.17, 15) is 4.79 Å². The van der Waals surface area contributed by atoms with E-state index in [1.165, 1.54) is 26.2 Å². The molecule has 1 aliphatic rings. The van der Waals surface area contributed by atoms with E-state index in [4.69, 9.17) is 4.74 Å². The van der Waals surface area contributed by atoms with Gasteiger partial charge in [0.2, 0.25) is 0 Å². The first-order valence-electron chi connectivity index (χ1n) is 6.02. The number of carbonyl (C=O) groups is 1. The molecule has 0 bridgehead atoms. The first kappa shape index (κ1) is 12.5. The smallest absolute Gasteiger partial charge is 0.302 e. The van der Waals surface area contributed by atoms with E-state index < -0.39 is 0 Å². The van der Waals surface area contributed by atoms with Crippen molar-refractivity contribution in [1.29, 1.82) is 0 Å². The summed E-state index contributed by atoms with van der Waals surface area (Å²) in [6.45, 7) is 10.4. The van der Waals surface area contributed by atoms with E-state index in [0.717, 1.165) is 11.8 Å². The highest BCUT2D eigenvalue weighted by atomic mass is 16.5. The third-order valence-electron chi connectivity index (χ3n) is 4.25. The quantitative estimate of drug-likeness (QED) is 0.656. The number of rotatable bonds is 2. The van der Waals surface area contributed by atoms with E-state index in [2.05, 4.69) is 20.8 Å². The highest BCUT2D eigenvalue weighted by Crippen LogP contribution is 2.44. The van der Waals surface area contributed by atoms with Gasteiger partial charge in [0.05, 0.1) is 0 Å². The molecule has 1 saturated carbocycles. The molecule has 0 N–H and O–H groups in total. The third kappa shape index (κ3) is 2.96. The topological polar surface area (TPSA) is 26.3 Å². The molecule has 0 radical (unpaired) electrons. The van der Waals surface area contributed by atoms with Crippen molar-refractivity contribution >= 4 is 5.97 Å². The number of ether oxygens (including phenoxy) is 1. The average molecular weight is 212 g/mol. The van der Waals surface area contributed by atoms with Crippen LogP contribution < -0.4 is 0 Å². The normalized spacial score (nSPS) is 38.5. The van der Waals surface area contributed by atoms with Crippen molar-refractivity contribution in [2.24, 2.45) is 17.3 Å². The number of hydrogen-bond donors (Lipinski definition) is 0. The summed E-state index contributed by atoms with van der Waals surface area (Å²) >= 11 is 0. The van der Waals surface area contributed by atoms with Gasteiger partial charge >= 0.3 is 5.97 Å². The van der Waals surface area contributed by atoms with Crippen molar-refractivity contribution in [1.82, 2.24) is 0 Å². The highest BCUT2D eigenvalue weighted by Gasteiger charge is 2.39. The van der Waals surface area contributed by atoms with Gasteiger partial charge in [0, 0.05) is 12.3 Å². The van der Waals surface area contributed by atoms with Crippen molar-refractivity contribution in [2.75, 3.05) is 0 Å². The molecular formula is C13H24O2. The van der Waals surface area contributed by atoms with Crippen LogP contribution in [0, 0.1) is 17.3 Å². The monoisotopic (exact) mass is 212 g/mol. The van der Waals surface area contributed by atoms with Gasteiger partial charge in [0.1, 0.15) is 6.10 Å². The first-order valence-corrected chi connectivity index (χ1v) is 6.02. The molecule has 0 heterocycles. The standard InChI is InChI=1S/C13H24O2/c1-9-6-7-13(5,8-10(9)2)11(3)15-12(4)14/h9-11H,6-8H2,1-5H3/t9?,10-,11?,13+/m0/s1. The molecule has 4 atom stereocenters. The van der Waals surface area contributed by atoms with Crippen molar-refractivity contribution in [3.8, 4) is 0 Å². The number of hydrogen-bond acceptors (Lipinski definition) is 2. The summed E-state index contributed by atoms with van der Waals surface area (Å²) in [4.78, 5) is 11.0. The predicted octanol–water partition coefficient (Wildman–Crippen LogP) is 3.40. The largest absolute Gasteiger partial charge is 0.462 e. The maximum absolute atomic E-state index is 11.0. The molecule has 1 rings (SSSR count). The van der Waals surface area contributed by atoms with Gasteiger partial charge in [-0.25, -0.2) is 0 Å². The van der Waals surface area contributed by atoms with Gasteiger partial charge in [-0.3, -0.25) is 4.79 Å². The van der Waals surface area contributed by atoms with Gasteiger partial charge in [0.25, 0.3) is 0 Å². The van der Waals surface area contributed by atoms with Crippen molar-refractivity contribution < 1.29 is 9.53 Å². The minimum absolute atomic E-state index is 0.0462. The zero-order valence-electron chi connectivity index (χ0n) is 10.7. The Morgan fingerprint density at radius 1 is 1.40 bits per heavy atom. The van der Waals surface area contributed by atoms with Crippen molar-refractivity contribution in [2.45, 2.75) is 60.0 Å². The molecule has 0 aromatic carbocycles. The number of carbonyl (C=O) groups excluding carboxylic acids is 1. The van der Waals surface area contributed by atoms with Crippen LogP contribution in [0.15, 0.2) is 0 Å². The molecule has 1 aliphatic carbocycles. The Hall–Kier alpha value is -0.530. The van der Waals surface area contributed by atoms with E-state index in [1.807, 2.05) is 6.92 Å². The fraction of sp³-hybridized carbons (Fsp3) is 0.923. The van der Waals surface area contributed by atoms with E-state index >= 15 is 0 Å². The molecule has 0 spiro atoms. The molecule has 0 saturated heterocycles. The van der Waals surface area contributed by atoms with Gasteiger partial charge in [-0.15, -0.1) is 0 Å². The highest BCUT2D eigenvalue weighted by molar-refractivity contribution is 5.66. The molecule has 15 heavy (non-hydrogen) atoms. The van der Waals surface area contributed by atoms with E-state index in [0.29, 0.717) is 0 Å². The molecule has 2 nitrogen and oxygen atoms in total. The molecule has 1 fully saturated rings. The first-order chi connectivity index (χ1) is 6.85. The Labute approximate surface area is 93.4 Å². The lowest BCUT2D eigenvalue weighted by atomic mass is 9.65. The number of esters is 1. The van der Waals surface area contributed by atoms with Gasteiger partial charge in [-0.05, 0) is 38.0 Å². The lowest BCUT2D eigenvalue weighted by Crippen LogP contribution is -2.39. The summed E-state index contributed by atoms with van der Waals surface area (Å²) in [5.74, 6) is 1.39. The zero-order valence-corrected chi connectivity index (χ0v) is 10.7. The zero-order chi connectivity index (χ0) is 11.6. The summed E-state index contributed by atoms with van der Waals surface area (Å²) in [7, 11) is 0. The minimum atomic E-state index is -0.157. The fourth-order valence-electron chi connectivity index (χ4n) is 2.64. The Bertz CT molecular complexity index is 237. The molecule has 0 aliphatic heterocycles. The Balaban J connectivity index is 2.62. The summed E-state index contributed by atoms with van der Waals surface area (Å²) in [6.07, 6.45) is 3.64. The summed E-state index contributed by atoms with van der Waals surface area (Å²) in [5.41, 5.74) is 0.178. The van der Waals surface area contributed by atoms with E-state index in [-0.39, 0.29) is 17.5 Å². The van der Waals surface area contributed by atoms with Crippen molar-refractivity contribution in [3.63, 3.8) is 0 Å². The van der Waals surface area contributed by atoms with Crippen LogP contribution in [0.2, 0.25) is 0 Å². The third-order valence-corrected chi connectivity index (χ3v) is 4.25. The van der Waals surface area contributed by atoms with Gasteiger partial charge in [0.15, 0.2) is 0 Å². The Kier molecular flexibility index (Phi) is 3.80. The molecule has 88 valence electrons. The average Bonchev–Trinajstić information content (AvgIpc) is 2.11. The van der Waals surface area contributed by atoms with Crippen LogP contribution in [0.25, 0.3) is 0 Å². The molecule has 0 amide bonds. The molecule has 2 heteroatoms. The molecular weight excluding hydrogens is 188 g/mol. The molecule has 0 aromatic rings. The molecule has 0 aromatic heterocycles. The second kappa shape index (κ2) is 4.54. The van der Waals surface area contributed by atoms with Crippen LogP contribution >= 0.6 is 0 Å². The second-order valence-corrected chi connectivity index (χ2v) is 5.60. The summed E-state index contributed by atoms with van der Waals surface area (Å²) < 4.78 is 5.34. The maximum atomic E-state index is 11.0. The summed E-state index contributed by atoms with van der Waals surface area (Å²) in [5, 5.41) is 0. The Morgan fingerprint density at radius 2 is 2.00 bits per heavy atom. The van der Waals surface area contributed by atoms with Gasteiger partial charge in [-0.2, -0.15) is 0 Å². The predicted molar refractivity (Wildman–Crippen MR) is 61.5 cm³/mol. The van der Waals surface area contributed by atoms with Crippen molar-refractivity contribution in [3.05, 3.63) is 0 Å². The molecule has 2 unspecified atom stereocenters. The van der Waals surface area contributed by atoms with Gasteiger partial charge in [-0.1, -0.05) is 20.8 Å². The maximum Gasteiger partial charge on any atom is 0.302 e. The van der Waals surface area contributed by atoms with Gasteiger partial charge < -0.3 is 4.74 Å². The minimum Gasteiger partial charge on any atom is -0.462 e. The van der Waals surface area contributed by atoms with Crippen LogP contribution in [0.3, 0.4) is 0 Å².